The maximum Gasteiger partial charge on any atom is 0.342 e. The molecule has 0 radical (unpaired) electrons. The quantitative estimate of drug-likeness (QED) is 0.482. The minimum absolute atomic E-state index is 0.0569. The Hall–Kier alpha value is -2.45. The summed E-state index contributed by atoms with van der Waals surface area (Å²) in [4.78, 5) is 30.7. The van der Waals surface area contributed by atoms with Crippen molar-refractivity contribution in [2.24, 2.45) is 0 Å². The smallest absolute Gasteiger partial charge is 0.342 e. The highest BCUT2D eigenvalue weighted by Crippen LogP contribution is 2.24. The molecule has 1 rings (SSSR count). The van der Waals surface area contributed by atoms with E-state index in [1.54, 1.807) is 0 Å². The third-order valence-electron chi connectivity index (χ3n) is 2.04. The monoisotopic (exact) mass is 243 g/mol. The number of carbonyl (C=O) groups is 2. The van der Waals surface area contributed by atoms with E-state index in [-0.39, 0.29) is 5.69 Å². The standard InChI is InChI=1S/C8H9N3O6/c12-7(13)1-4(2-8(14)15)5-3-6(10-9-5)11(16)17/h3-4H,1-2H2,(H,9,10)(H,12,13)(H,14,15). The van der Waals surface area contributed by atoms with Gasteiger partial charge >= 0.3 is 17.8 Å². The van der Waals surface area contributed by atoms with Crippen LogP contribution in [0, 0.1) is 10.1 Å². The van der Waals surface area contributed by atoms with Crippen molar-refractivity contribution in [3.63, 3.8) is 0 Å². The number of rotatable bonds is 6. The minimum Gasteiger partial charge on any atom is -0.481 e. The summed E-state index contributed by atoms with van der Waals surface area (Å²) in [5, 5.41) is 33.2. The number of hydrogen-bond acceptors (Lipinski definition) is 5. The van der Waals surface area contributed by atoms with Crippen LogP contribution in [0.15, 0.2) is 6.07 Å². The molecule has 1 aromatic rings. The van der Waals surface area contributed by atoms with Gasteiger partial charge < -0.3 is 20.3 Å². The number of H-pyrrole nitrogens is 1. The van der Waals surface area contributed by atoms with Crippen LogP contribution in [0.5, 0.6) is 0 Å². The third-order valence-corrected chi connectivity index (χ3v) is 2.04. The van der Waals surface area contributed by atoms with Gasteiger partial charge in [-0.15, -0.1) is 5.10 Å². The third kappa shape index (κ3) is 3.55. The van der Waals surface area contributed by atoms with Crippen molar-refractivity contribution in [3.8, 4) is 0 Å². The zero-order chi connectivity index (χ0) is 13.0. The number of nitrogens with zero attached hydrogens (tertiary/aromatic N) is 2. The molecule has 0 atom stereocenters. The maximum atomic E-state index is 10.5. The fourth-order valence-electron chi connectivity index (χ4n) is 1.33. The molecule has 0 saturated carbocycles. The SMILES string of the molecule is O=C(O)CC(CC(=O)O)c1cc([N+](=O)[O-])[nH]n1. The minimum atomic E-state index is -1.19. The van der Waals surface area contributed by atoms with Gasteiger partial charge in [-0.1, -0.05) is 5.10 Å². The molecule has 0 bridgehead atoms. The topological polar surface area (TPSA) is 146 Å². The number of carboxylic acid groups (broad SMARTS) is 2. The first kappa shape index (κ1) is 12.6. The van der Waals surface area contributed by atoms with E-state index in [1.165, 1.54) is 0 Å². The van der Waals surface area contributed by atoms with Crippen LogP contribution in [-0.2, 0) is 9.59 Å². The summed E-state index contributed by atoms with van der Waals surface area (Å²) in [5.41, 5.74) is 0.0569. The molecule has 92 valence electrons. The molecule has 0 spiro atoms. The Kier molecular flexibility index (Phi) is 3.75. The predicted octanol–water partition coefficient (Wildman–Crippen LogP) is 0.351. The Labute approximate surface area is 94.2 Å². The van der Waals surface area contributed by atoms with Crippen molar-refractivity contribution in [1.82, 2.24) is 10.2 Å². The molecular weight excluding hydrogens is 234 g/mol. The van der Waals surface area contributed by atoms with Gasteiger partial charge in [0.15, 0.2) is 0 Å². The number of hydrogen-bond donors (Lipinski definition) is 3. The summed E-state index contributed by atoms with van der Waals surface area (Å²) < 4.78 is 0. The largest absolute Gasteiger partial charge is 0.481 e. The molecule has 0 aliphatic carbocycles. The Morgan fingerprint density at radius 2 is 1.94 bits per heavy atom. The highest BCUT2D eigenvalue weighted by molar-refractivity contribution is 5.72. The molecule has 0 unspecified atom stereocenters. The van der Waals surface area contributed by atoms with Crippen LogP contribution in [0.4, 0.5) is 5.82 Å². The second kappa shape index (κ2) is 5.05. The summed E-state index contributed by atoms with van der Waals surface area (Å²) in [7, 11) is 0. The van der Waals surface area contributed by atoms with Crippen LogP contribution in [0.1, 0.15) is 24.5 Å². The zero-order valence-corrected chi connectivity index (χ0v) is 8.49. The number of aromatic amines is 1. The van der Waals surface area contributed by atoms with E-state index in [2.05, 4.69) is 10.2 Å². The Morgan fingerprint density at radius 1 is 1.41 bits per heavy atom. The van der Waals surface area contributed by atoms with Gasteiger partial charge in [-0.2, -0.15) is 0 Å². The van der Waals surface area contributed by atoms with Gasteiger partial charge in [-0.05, 0) is 4.92 Å². The summed E-state index contributed by atoms with van der Waals surface area (Å²) in [6.07, 6.45) is -0.900. The fourth-order valence-corrected chi connectivity index (χ4v) is 1.33. The van der Waals surface area contributed by atoms with Crippen LogP contribution in [0.2, 0.25) is 0 Å². The number of nitro groups is 1. The summed E-state index contributed by atoms with van der Waals surface area (Å²) in [5.74, 6) is -3.68. The van der Waals surface area contributed by atoms with E-state index in [4.69, 9.17) is 10.2 Å². The molecule has 9 heteroatoms. The van der Waals surface area contributed by atoms with Gasteiger partial charge in [0.1, 0.15) is 0 Å². The van der Waals surface area contributed by atoms with Crippen LogP contribution < -0.4 is 0 Å². The molecule has 0 amide bonds. The van der Waals surface area contributed by atoms with Gasteiger partial charge in [-0.25, -0.2) is 0 Å². The normalized spacial score (nSPS) is 10.4. The molecular formula is C8H9N3O6. The first-order valence-corrected chi connectivity index (χ1v) is 4.53. The van der Waals surface area contributed by atoms with E-state index in [9.17, 15) is 19.7 Å². The summed E-state index contributed by atoms with van der Waals surface area (Å²) in [6.45, 7) is 0. The average Bonchev–Trinajstić information content (AvgIpc) is 2.63. The fraction of sp³-hybridized carbons (Fsp3) is 0.375. The molecule has 0 saturated heterocycles. The average molecular weight is 243 g/mol. The lowest BCUT2D eigenvalue weighted by molar-refractivity contribution is -0.389. The lowest BCUT2D eigenvalue weighted by Gasteiger charge is -2.07. The van der Waals surface area contributed by atoms with Crippen molar-refractivity contribution in [3.05, 3.63) is 21.9 Å². The van der Waals surface area contributed by atoms with Crippen molar-refractivity contribution in [2.75, 3.05) is 0 Å². The van der Waals surface area contributed by atoms with Crippen molar-refractivity contribution >= 4 is 17.8 Å². The van der Waals surface area contributed by atoms with E-state index in [0.29, 0.717) is 0 Å². The second-order valence-electron chi connectivity index (χ2n) is 3.33. The van der Waals surface area contributed by atoms with Crippen LogP contribution in [0.3, 0.4) is 0 Å². The van der Waals surface area contributed by atoms with Crippen molar-refractivity contribution in [1.29, 1.82) is 0 Å². The Balaban J connectivity index is 2.90. The number of aromatic nitrogens is 2. The van der Waals surface area contributed by atoms with E-state index >= 15 is 0 Å². The van der Waals surface area contributed by atoms with Crippen LogP contribution in [0.25, 0.3) is 0 Å². The van der Waals surface area contributed by atoms with E-state index in [0.717, 1.165) is 6.07 Å². The zero-order valence-electron chi connectivity index (χ0n) is 8.49. The van der Waals surface area contributed by atoms with Gasteiger partial charge in [0.25, 0.3) is 0 Å². The lowest BCUT2D eigenvalue weighted by Crippen LogP contribution is -2.11. The van der Waals surface area contributed by atoms with Gasteiger partial charge in [0.05, 0.1) is 24.6 Å². The maximum absolute atomic E-state index is 10.5. The first-order chi connectivity index (χ1) is 7.90. The Morgan fingerprint density at radius 3 is 2.29 bits per heavy atom. The van der Waals surface area contributed by atoms with Crippen molar-refractivity contribution < 1.29 is 24.7 Å². The number of carboxylic acids is 2. The molecule has 9 nitrogen and oxygen atoms in total. The molecule has 0 aliphatic rings. The summed E-state index contributed by atoms with van der Waals surface area (Å²) >= 11 is 0. The van der Waals surface area contributed by atoms with E-state index in [1.807, 2.05) is 0 Å². The Bertz CT molecular complexity index is 438. The first-order valence-electron chi connectivity index (χ1n) is 4.53. The highest BCUT2D eigenvalue weighted by Gasteiger charge is 2.24. The molecule has 0 aliphatic heterocycles. The van der Waals surface area contributed by atoms with Crippen molar-refractivity contribution in [2.45, 2.75) is 18.8 Å². The lowest BCUT2D eigenvalue weighted by atomic mass is 9.98. The number of nitrogens with one attached hydrogen (secondary N) is 1. The molecule has 0 fully saturated rings. The molecule has 1 aromatic heterocycles. The van der Waals surface area contributed by atoms with Crippen LogP contribution in [-0.4, -0.2) is 37.3 Å². The van der Waals surface area contributed by atoms with Gasteiger partial charge in [0, 0.05) is 5.92 Å². The molecule has 17 heavy (non-hydrogen) atoms. The van der Waals surface area contributed by atoms with E-state index < -0.39 is 41.4 Å². The highest BCUT2D eigenvalue weighted by atomic mass is 16.6. The van der Waals surface area contributed by atoms with Gasteiger partial charge in [0.2, 0.25) is 0 Å². The second-order valence-corrected chi connectivity index (χ2v) is 3.33. The summed E-state index contributed by atoms with van der Waals surface area (Å²) in [6, 6.07) is 1.04. The molecule has 1 heterocycles. The number of aliphatic carboxylic acids is 2. The van der Waals surface area contributed by atoms with Crippen LogP contribution >= 0.6 is 0 Å². The molecule has 0 aromatic carbocycles. The van der Waals surface area contributed by atoms with Gasteiger partial charge in [-0.3, -0.25) is 9.59 Å². The predicted molar refractivity (Wildman–Crippen MR) is 52.5 cm³/mol. The molecule has 3 N–H and O–H groups in total.